The fourth-order valence-corrected chi connectivity index (χ4v) is 4.46. The highest BCUT2D eigenvalue weighted by atomic mass is 32.1. The van der Waals surface area contributed by atoms with E-state index in [1.54, 1.807) is 35.6 Å². The molecule has 27 heavy (non-hydrogen) atoms. The third kappa shape index (κ3) is 4.01. The minimum absolute atomic E-state index is 0.00258. The molecule has 0 radical (unpaired) electrons. The Bertz CT molecular complexity index is 910. The van der Waals surface area contributed by atoms with E-state index >= 15 is 0 Å². The van der Waals surface area contributed by atoms with Crippen LogP contribution in [-0.4, -0.2) is 41.8 Å². The molecule has 0 saturated carbocycles. The van der Waals surface area contributed by atoms with Crippen molar-refractivity contribution in [2.45, 2.75) is 18.8 Å². The normalized spacial score (nSPS) is 15.0. The summed E-state index contributed by atoms with van der Waals surface area (Å²) in [6, 6.07) is 15.0. The van der Waals surface area contributed by atoms with Crippen LogP contribution in [0.2, 0.25) is 0 Å². The fourth-order valence-electron chi connectivity index (χ4n) is 3.32. The van der Waals surface area contributed by atoms with Crippen LogP contribution in [0, 0.1) is 0 Å². The van der Waals surface area contributed by atoms with E-state index < -0.39 is 0 Å². The SMILES string of the molecule is O=Cc1ccc(OCC(=O)N2CCC(c3nc4ccccc4s3)CC2)cc1. The number of aldehydes is 1. The van der Waals surface area contributed by atoms with Crippen LogP contribution in [0.4, 0.5) is 0 Å². The first-order valence-corrected chi connectivity index (χ1v) is 9.86. The molecule has 0 atom stereocenters. The second kappa shape index (κ2) is 7.88. The third-order valence-corrected chi connectivity index (χ3v) is 6.08. The molecule has 1 saturated heterocycles. The summed E-state index contributed by atoms with van der Waals surface area (Å²) in [4.78, 5) is 29.7. The van der Waals surface area contributed by atoms with Gasteiger partial charge < -0.3 is 9.64 Å². The Labute approximate surface area is 161 Å². The highest BCUT2D eigenvalue weighted by Gasteiger charge is 2.26. The molecule has 3 aromatic rings. The van der Waals surface area contributed by atoms with Crippen molar-refractivity contribution in [2.75, 3.05) is 19.7 Å². The summed E-state index contributed by atoms with van der Waals surface area (Å²) in [5.74, 6) is 1.01. The maximum absolute atomic E-state index is 12.4. The van der Waals surface area contributed by atoms with Crippen molar-refractivity contribution in [3.8, 4) is 5.75 Å². The van der Waals surface area contributed by atoms with Gasteiger partial charge in [-0.15, -0.1) is 11.3 Å². The molecule has 1 amide bonds. The minimum Gasteiger partial charge on any atom is -0.484 e. The Morgan fingerprint density at radius 3 is 2.59 bits per heavy atom. The van der Waals surface area contributed by atoms with Crippen LogP contribution in [0.3, 0.4) is 0 Å². The monoisotopic (exact) mass is 380 g/mol. The Hall–Kier alpha value is -2.73. The van der Waals surface area contributed by atoms with E-state index in [9.17, 15) is 9.59 Å². The Kier molecular flexibility index (Phi) is 5.16. The topological polar surface area (TPSA) is 59.5 Å². The van der Waals surface area contributed by atoms with Gasteiger partial charge in [0.15, 0.2) is 6.61 Å². The van der Waals surface area contributed by atoms with Gasteiger partial charge in [0.1, 0.15) is 12.0 Å². The molecule has 138 valence electrons. The van der Waals surface area contributed by atoms with Gasteiger partial charge in [-0.2, -0.15) is 0 Å². The van der Waals surface area contributed by atoms with Crippen LogP contribution in [0.5, 0.6) is 5.75 Å². The molecule has 0 unspecified atom stereocenters. The number of rotatable bonds is 5. The second-order valence-electron chi connectivity index (χ2n) is 6.65. The molecule has 1 aromatic heterocycles. The van der Waals surface area contributed by atoms with E-state index in [0.29, 0.717) is 17.2 Å². The lowest BCUT2D eigenvalue weighted by molar-refractivity contribution is -0.134. The van der Waals surface area contributed by atoms with Crippen molar-refractivity contribution >= 4 is 33.7 Å². The van der Waals surface area contributed by atoms with Crippen LogP contribution in [0.25, 0.3) is 10.2 Å². The maximum atomic E-state index is 12.4. The summed E-state index contributed by atoms with van der Waals surface area (Å²) < 4.78 is 6.78. The first kappa shape index (κ1) is 17.7. The number of nitrogens with zero attached hydrogens (tertiary/aromatic N) is 2. The Balaban J connectivity index is 1.30. The van der Waals surface area contributed by atoms with Crippen LogP contribution in [-0.2, 0) is 4.79 Å². The van der Waals surface area contributed by atoms with E-state index in [-0.39, 0.29) is 12.5 Å². The van der Waals surface area contributed by atoms with Crippen molar-refractivity contribution in [1.29, 1.82) is 0 Å². The maximum Gasteiger partial charge on any atom is 0.260 e. The first-order chi connectivity index (χ1) is 13.2. The van der Waals surface area contributed by atoms with Crippen LogP contribution in [0.1, 0.15) is 34.1 Å². The predicted molar refractivity (Wildman–Crippen MR) is 105 cm³/mol. The summed E-state index contributed by atoms with van der Waals surface area (Å²) in [7, 11) is 0. The molecule has 2 heterocycles. The van der Waals surface area contributed by atoms with Gasteiger partial charge in [-0.1, -0.05) is 12.1 Å². The van der Waals surface area contributed by atoms with E-state index in [1.165, 1.54) is 9.71 Å². The standard InChI is InChI=1S/C21H20N2O3S/c24-13-15-5-7-17(8-6-15)26-14-20(25)23-11-9-16(10-12-23)21-22-18-3-1-2-4-19(18)27-21/h1-8,13,16H,9-12,14H2. The minimum atomic E-state index is -0.00258. The Morgan fingerprint density at radius 1 is 1.15 bits per heavy atom. The zero-order chi connectivity index (χ0) is 18.6. The first-order valence-electron chi connectivity index (χ1n) is 9.04. The molecular weight excluding hydrogens is 360 g/mol. The number of aromatic nitrogens is 1. The summed E-state index contributed by atoms with van der Waals surface area (Å²) in [6.07, 6.45) is 2.64. The molecule has 0 N–H and O–H groups in total. The zero-order valence-electron chi connectivity index (χ0n) is 14.8. The number of hydrogen-bond acceptors (Lipinski definition) is 5. The summed E-state index contributed by atoms with van der Waals surface area (Å²) in [5.41, 5.74) is 1.65. The molecule has 2 aromatic carbocycles. The average molecular weight is 380 g/mol. The molecule has 6 heteroatoms. The van der Waals surface area contributed by atoms with E-state index in [1.807, 2.05) is 23.1 Å². The summed E-state index contributed by atoms with van der Waals surface area (Å²) in [5, 5.41) is 1.18. The number of amides is 1. The average Bonchev–Trinajstić information content (AvgIpc) is 3.17. The van der Waals surface area contributed by atoms with Crippen molar-refractivity contribution in [3.63, 3.8) is 0 Å². The quantitative estimate of drug-likeness (QED) is 0.630. The molecule has 0 spiro atoms. The van der Waals surface area contributed by atoms with Gasteiger partial charge in [-0.3, -0.25) is 9.59 Å². The zero-order valence-corrected chi connectivity index (χ0v) is 15.7. The third-order valence-electron chi connectivity index (χ3n) is 4.89. The molecular formula is C21H20N2O3S. The number of hydrogen-bond donors (Lipinski definition) is 0. The van der Waals surface area contributed by atoms with Crippen molar-refractivity contribution in [3.05, 3.63) is 59.1 Å². The molecule has 1 aliphatic heterocycles. The van der Waals surface area contributed by atoms with Crippen LogP contribution >= 0.6 is 11.3 Å². The number of carbonyl (C=O) groups is 2. The van der Waals surface area contributed by atoms with Gasteiger partial charge in [-0.05, 0) is 49.2 Å². The van der Waals surface area contributed by atoms with Gasteiger partial charge in [-0.25, -0.2) is 4.98 Å². The fraction of sp³-hybridized carbons (Fsp3) is 0.286. The van der Waals surface area contributed by atoms with Gasteiger partial charge in [0, 0.05) is 24.6 Å². The van der Waals surface area contributed by atoms with Crippen molar-refractivity contribution < 1.29 is 14.3 Å². The van der Waals surface area contributed by atoms with Gasteiger partial charge in [0.2, 0.25) is 0 Å². The lowest BCUT2D eigenvalue weighted by Crippen LogP contribution is -2.40. The second-order valence-corrected chi connectivity index (χ2v) is 7.71. The van der Waals surface area contributed by atoms with Gasteiger partial charge in [0.25, 0.3) is 5.91 Å². The number of ether oxygens (including phenoxy) is 1. The van der Waals surface area contributed by atoms with Gasteiger partial charge >= 0.3 is 0 Å². The van der Waals surface area contributed by atoms with E-state index in [4.69, 9.17) is 9.72 Å². The number of likely N-dealkylation sites (tertiary alicyclic amines) is 1. The number of carbonyl (C=O) groups excluding carboxylic acids is 2. The summed E-state index contributed by atoms with van der Waals surface area (Å²) in [6.45, 7) is 1.48. The largest absolute Gasteiger partial charge is 0.484 e. The lowest BCUT2D eigenvalue weighted by Gasteiger charge is -2.31. The predicted octanol–water partition coefficient (Wildman–Crippen LogP) is 3.89. The van der Waals surface area contributed by atoms with Crippen LogP contribution < -0.4 is 4.74 Å². The highest BCUT2D eigenvalue weighted by molar-refractivity contribution is 7.18. The van der Waals surface area contributed by atoms with Crippen molar-refractivity contribution in [1.82, 2.24) is 9.88 Å². The molecule has 5 nitrogen and oxygen atoms in total. The Morgan fingerprint density at radius 2 is 1.89 bits per heavy atom. The summed E-state index contributed by atoms with van der Waals surface area (Å²) >= 11 is 1.76. The van der Waals surface area contributed by atoms with Crippen molar-refractivity contribution in [2.24, 2.45) is 0 Å². The molecule has 1 aliphatic rings. The number of para-hydroxylation sites is 1. The molecule has 0 bridgehead atoms. The van der Waals surface area contributed by atoms with Crippen LogP contribution in [0.15, 0.2) is 48.5 Å². The number of piperidine rings is 1. The van der Waals surface area contributed by atoms with Gasteiger partial charge in [0.05, 0.1) is 15.2 Å². The molecule has 4 rings (SSSR count). The lowest BCUT2D eigenvalue weighted by atomic mass is 9.97. The number of benzene rings is 2. The number of fused-ring (bicyclic) bond motifs is 1. The van der Waals surface area contributed by atoms with E-state index in [2.05, 4.69) is 6.07 Å². The smallest absolute Gasteiger partial charge is 0.260 e. The molecule has 0 aliphatic carbocycles. The molecule has 1 fully saturated rings. The number of thiazole rings is 1. The highest BCUT2D eigenvalue weighted by Crippen LogP contribution is 2.33. The van der Waals surface area contributed by atoms with E-state index in [0.717, 1.165) is 37.7 Å².